The van der Waals surface area contributed by atoms with Crippen LogP contribution in [0.4, 0.5) is 0 Å². The van der Waals surface area contributed by atoms with Crippen molar-refractivity contribution in [2.75, 3.05) is 20.7 Å². The van der Waals surface area contributed by atoms with Crippen molar-refractivity contribution in [2.45, 2.75) is 19.3 Å². The molecule has 0 aliphatic rings. The Morgan fingerprint density at radius 3 is 2.82 bits per heavy atom. The van der Waals surface area contributed by atoms with Gasteiger partial charge in [-0.1, -0.05) is 0 Å². The fourth-order valence-electron chi connectivity index (χ4n) is 1.27. The highest BCUT2D eigenvalue weighted by molar-refractivity contribution is 7.09. The number of carbonyl (C=O) groups is 2. The zero-order valence-corrected chi connectivity index (χ0v) is 10.8. The summed E-state index contributed by atoms with van der Waals surface area (Å²) in [7, 11) is 3.05. The van der Waals surface area contributed by atoms with Crippen LogP contribution in [0.1, 0.15) is 17.8 Å². The number of rotatable bonds is 6. The van der Waals surface area contributed by atoms with Crippen molar-refractivity contribution in [2.24, 2.45) is 0 Å². The van der Waals surface area contributed by atoms with Crippen LogP contribution < -0.4 is 0 Å². The lowest BCUT2D eigenvalue weighted by molar-refractivity contribution is -0.143. The zero-order chi connectivity index (χ0) is 12.7. The molecule has 1 amide bonds. The maximum Gasteiger partial charge on any atom is 0.306 e. The average molecular weight is 256 g/mol. The number of esters is 1. The Morgan fingerprint density at radius 1 is 1.47 bits per heavy atom. The monoisotopic (exact) mass is 256 g/mol. The SMILES string of the molecule is COC(=O)CCC(=O)N(C)CCc1nccs1. The van der Waals surface area contributed by atoms with Crippen molar-refractivity contribution in [3.8, 4) is 0 Å². The van der Waals surface area contributed by atoms with Crippen LogP contribution in [-0.2, 0) is 20.7 Å². The van der Waals surface area contributed by atoms with Crippen LogP contribution in [0.25, 0.3) is 0 Å². The molecule has 6 heteroatoms. The van der Waals surface area contributed by atoms with E-state index in [4.69, 9.17) is 0 Å². The fourth-order valence-corrected chi connectivity index (χ4v) is 1.88. The van der Waals surface area contributed by atoms with Gasteiger partial charge in [0, 0.05) is 38.0 Å². The number of amides is 1. The van der Waals surface area contributed by atoms with E-state index in [0.29, 0.717) is 6.54 Å². The molecule has 0 N–H and O–H groups in total. The third-order valence-corrected chi connectivity index (χ3v) is 3.18. The van der Waals surface area contributed by atoms with E-state index < -0.39 is 0 Å². The molecule has 0 aromatic carbocycles. The van der Waals surface area contributed by atoms with Gasteiger partial charge in [-0.15, -0.1) is 11.3 Å². The van der Waals surface area contributed by atoms with E-state index in [2.05, 4.69) is 9.72 Å². The molecule has 0 aliphatic carbocycles. The highest BCUT2D eigenvalue weighted by Gasteiger charge is 2.11. The Bertz CT molecular complexity index is 365. The number of thiazole rings is 1. The standard InChI is InChI=1S/C11H16N2O3S/c1-13(7-5-9-12-6-8-17-9)10(14)3-4-11(15)16-2/h6,8H,3-5,7H2,1-2H3. The van der Waals surface area contributed by atoms with E-state index in [0.717, 1.165) is 11.4 Å². The normalized spacial score (nSPS) is 10.0. The Labute approximate surface area is 104 Å². The minimum absolute atomic E-state index is 0.0491. The number of hydrogen-bond acceptors (Lipinski definition) is 5. The van der Waals surface area contributed by atoms with Gasteiger partial charge in [0.05, 0.1) is 18.5 Å². The molecule has 0 spiro atoms. The first-order valence-corrected chi connectivity index (χ1v) is 6.20. The van der Waals surface area contributed by atoms with Crippen molar-refractivity contribution >= 4 is 23.2 Å². The summed E-state index contributed by atoms with van der Waals surface area (Å²) >= 11 is 1.58. The van der Waals surface area contributed by atoms with E-state index in [1.165, 1.54) is 7.11 Å². The summed E-state index contributed by atoms with van der Waals surface area (Å²) < 4.78 is 4.48. The molecular weight excluding hydrogens is 240 g/mol. The van der Waals surface area contributed by atoms with Crippen molar-refractivity contribution in [3.05, 3.63) is 16.6 Å². The highest BCUT2D eigenvalue weighted by atomic mass is 32.1. The molecule has 1 heterocycles. The molecule has 0 atom stereocenters. The first-order valence-electron chi connectivity index (χ1n) is 5.32. The summed E-state index contributed by atoms with van der Waals surface area (Å²) in [5.74, 6) is -0.404. The maximum absolute atomic E-state index is 11.6. The summed E-state index contributed by atoms with van der Waals surface area (Å²) in [6.45, 7) is 0.619. The lowest BCUT2D eigenvalue weighted by atomic mass is 10.2. The summed E-state index contributed by atoms with van der Waals surface area (Å²) in [6, 6.07) is 0. The lowest BCUT2D eigenvalue weighted by Crippen LogP contribution is -2.29. The second-order valence-corrected chi connectivity index (χ2v) is 4.55. The number of hydrogen-bond donors (Lipinski definition) is 0. The fraction of sp³-hybridized carbons (Fsp3) is 0.545. The zero-order valence-electron chi connectivity index (χ0n) is 10.0. The van der Waals surface area contributed by atoms with Gasteiger partial charge in [-0.25, -0.2) is 4.98 Å². The molecule has 0 bridgehead atoms. The van der Waals surface area contributed by atoms with Gasteiger partial charge in [-0.2, -0.15) is 0 Å². The first-order chi connectivity index (χ1) is 8.13. The molecule has 94 valence electrons. The van der Waals surface area contributed by atoms with Crippen LogP contribution in [0.15, 0.2) is 11.6 Å². The van der Waals surface area contributed by atoms with Gasteiger partial charge >= 0.3 is 5.97 Å². The summed E-state index contributed by atoms with van der Waals surface area (Å²) in [4.78, 5) is 28.3. The number of likely N-dealkylation sites (N-methyl/N-ethyl adjacent to an activating group) is 1. The molecule has 5 nitrogen and oxygen atoms in total. The maximum atomic E-state index is 11.6. The second-order valence-electron chi connectivity index (χ2n) is 3.57. The predicted molar refractivity (Wildman–Crippen MR) is 64.7 cm³/mol. The molecule has 1 rings (SSSR count). The number of carbonyl (C=O) groups excluding carboxylic acids is 2. The van der Waals surface area contributed by atoms with Crippen molar-refractivity contribution in [3.63, 3.8) is 0 Å². The van der Waals surface area contributed by atoms with E-state index in [1.54, 1.807) is 29.5 Å². The summed E-state index contributed by atoms with van der Waals surface area (Å²) in [5.41, 5.74) is 0. The Hall–Kier alpha value is -1.43. The van der Waals surface area contributed by atoms with E-state index in [9.17, 15) is 9.59 Å². The average Bonchev–Trinajstić information content (AvgIpc) is 2.85. The number of aromatic nitrogens is 1. The third kappa shape index (κ3) is 4.95. The summed E-state index contributed by atoms with van der Waals surface area (Å²) in [6.07, 6.45) is 2.83. The van der Waals surface area contributed by atoms with Gasteiger partial charge < -0.3 is 9.64 Å². The van der Waals surface area contributed by atoms with Crippen LogP contribution in [0.2, 0.25) is 0 Å². The number of methoxy groups -OCH3 is 1. The van der Waals surface area contributed by atoms with E-state index in [-0.39, 0.29) is 24.7 Å². The van der Waals surface area contributed by atoms with E-state index in [1.807, 2.05) is 5.38 Å². The van der Waals surface area contributed by atoms with Crippen LogP contribution in [0.5, 0.6) is 0 Å². The topological polar surface area (TPSA) is 59.5 Å². The van der Waals surface area contributed by atoms with E-state index >= 15 is 0 Å². The molecule has 1 aromatic heterocycles. The number of ether oxygens (including phenoxy) is 1. The molecule has 17 heavy (non-hydrogen) atoms. The predicted octanol–water partition coefficient (Wildman–Crippen LogP) is 1.10. The quantitative estimate of drug-likeness (QED) is 0.715. The molecule has 0 radical (unpaired) electrons. The Balaban J connectivity index is 2.24. The van der Waals surface area contributed by atoms with Crippen LogP contribution >= 0.6 is 11.3 Å². The van der Waals surface area contributed by atoms with Gasteiger partial charge in [-0.3, -0.25) is 9.59 Å². The molecule has 0 unspecified atom stereocenters. The Kier molecular flexibility index (Phi) is 5.62. The number of nitrogens with zero attached hydrogens (tertiary/aromatic N) is 2. The summed E-state index contributed by atoms with van der Waals surface area (Å²) in [5, 5.41) is 2.92. The smallest absolute Gasteiger partial charge is 0.306 e. The highest BCUT2D eigenvalue weighted by Crippen LogP contribution is 2.06. The molecule has 0 fully saturated rings. The van der Waals surface area contributed by atoms with Crippen LogP contribution in [0.3, 0.4) is 0 Å². The van der Waals surface area contributed by atoms with Gasteiger partial charge in [0.15, 0.2) is 0 Å². The lowest BCUT2D eigenvalue weighted by Gasteiger charge is -2.15. The van der Waals surface area contributed by atoms with Crippen molar-refractivity contribution in [1.82, 2.24) is 9.88 Å². The third-order valence-electron chi connectivity index (χ3n) is 2.34. The molecular formula is C11H16N2O3S. The van der Waals surface area contributed by atoms with Gasteiger partial charge in [0.1, 0.15) is 0 Å². The van der Waals surface area contributed by atoms with Gasteiger partial charge in [0.2, 0.25) is 5.91 Å². The largest absolute Gasteiger partial charge is 0.469 e. The van der Waals surface area contributed by atoms with Crippen molar-refractivity contribution < 1.29 is 14.3 Å². The van der Waals surface area contributed by atoms with Crippen LogP contribution in [-0.4, -0.2) is 42.5 Å². The first kappa shape index (κ1) is 13.6. The molecule has 1 aromatic rings. The molecule has 0 saturated heterocycles. The minimum atomic E-state index is -0.355. The van der Waals surface area contributed by atoms with Crippen molar-refractivity contribution in [1.29, 1.82) is 0 Å². The van der Waals surface area contributed by atoms with Gasteiger partial charge in [0.25, 0.3) is 0 Å². The van der Waals surface area contributed by atoms with Gasteiger partial charge in [-0.05, 0) is 0 Å². The molecule has 0 aliphatic heterocycles. The van der Waals surface area contributed by atoms with Crippen LogP contribution in [0, 0.1) is 0 Å². The second kappa shape index (κ2) is 7.01. The molecule has 0 saturated carbocycles. The Morgan fingerprint density at radius 2 is 2.24 bits per heavy atom. The minimum Gasteiger partial charge on any atom is -0.469 e.